The molecule has 4 heteroatoms. The second-order valence-electron chi connectivity index (χ2n) is 11.2. The van der Waals surface area contributed by atoms with Crippen LogP contribution in [-0.2, 0) is 14.3 Å². The van der Waals surface area contributed by atoms with E-state index in [0.717, 1.165) is 30.6 Å². The van der Waals surface area contributed by atoms with Gasteiger partial charge < -0.3 is 9.84 Å². The summed E-state index contributed by atoms with van der Waals surface area (Å²) in [5, 5.41) is 8.71. The summed E-state index contributed by atoms with van der Waals surface area (Å²) in [5.74, 6) is 2.26. The molecule has 0 heterocycles. The molecule has 4 nitrogen and oxygen atoms in total. The smallest absolute Gasteiger partial charge is 0.306 e. The first kappa shape index (κ1) is 21.9. The van der Waals surface area contributed by atoms with Crippen LogP contribution < -0.4 is 0 Å². The number of carboxylic acid groups (broad SMARTS) is 1. The van der Waals surface area contributed by atoms with Crippen molar-refractivity contribution < 1.29 is 19.4 Å². The van der Waals surface area contributed by atoms with Crippen molar-refractivity contribution in [3.8, 4) is 0 Å². The quantitative estimate of drug-likeness (QED) is 0.321. The number of fused-ring (bicyclic) bond motifs is 5. The Balaban J connectivity index is 1.33. The molecule has 4 aliphatic rings. The van der Waals surface area contributed by atoms with E-state index in [0.29, 0.717) is 36.0 Å². The molecule has 7 atom stereocenters. The van der Waals surface area contributed by atoms with Crippen molar-refractivity contribution in [3.63, 3.8) is 0 Å². The van der Waals surface area contributed by atoms with Crippen LogP contribution in [0.4, 0.5) is 0 Å². The summed E-state index contributed by atoms with van der Waals surface area (Å²) in [6.07, 6.45) is 12.7. The Kier molecular flexibility index (Phi) is 6.07. The molecule has 0 unspecified atom stereocenters. The normalized spacial score (nSPS) is 42.7. The minimum absolute atomic E-state index is 0.0618. The van der Waals surface area contributed by atoms with E-state index >= 15 is 0 Å². The van der Waals surface area contributed by atoms with Gasteiger partial charge in [-0.25, -0.2) is 0 Å². The molecule has 4 saturated carbocycles. The summed E-state index contributed by atoms with van der Waals surface area (Å²) >= 11 is 0. The molecule has 0 spiro atoms. The van der Waals surface area contributed by atoms with Crippen molar-refractivity contribution in [1.82, 2.24) is 0 Å². The molecule has 4 aliphatic carbocycles. The van der Waals surface area contributed by atoms with E-state index in [4.69, 9.17) is 9.84 Å². The zero-order valence-corrected chi connectivity index (χ0v) is 19.0. The molecule has 4 rings (SSSR count). The number of hydrogen-bond acceptors (Lipinski definition) is 3. The molecule has 0 aromatic heterocycles. The lowest BCUT2D eigenvalue weighted by Crippen LogP contribution is -2.53. The standard InChI is InChI=1S/C26H40O4/c1-17-8-11-21-20-10-9-18-16-19(30-24(29)7-5-4-6-23(27)28)12-14-26(18,3)22(20)13-15-25(17,21)2/h18-22H,1,4-16H2,2-3H3,(H,27,28)/t18-,19-,20+,21+,22+,25-,26+/m1/s1. The number of aliphatic carboxylic acids is 1. The number of hydrogen-bond donors (Lipinski definition) is 1. The SMILES string of the molecule is C=C1CC[C@H]2[C@@H]3CC[C@@H]4C[C@H](OC(=O)CCCCC(=O)O)CC[C@]4(C)[C@H]3CC[C@]12C. The lowest BCUT2D eigenvalue weighted by Gasteiger charge is -2.60. The van der Waals surface area contributed by atoms with E-state index < -0.39 is 5.97 Å². The van der Waals surface area contributed by atoms with Gasteiger partial charge in [0.1, 0.15) is 6.10 Å². The average Bonchev–Trinajstić information content (AvgIpc) is 3.00. The molecule has 0 amide bonds. The number of carboxylic acids is 1. The molecule has 30 heavy (non-hydrogen) atoms. The number of unbranched alkanes of at least 4 members (excludes halogenated alkanes) is 1. The van der Waals surface area contributed by atoms with Crippen LogP contribution >= 0.6 is 0 Å². The van der Waals surface area contributed by atoms with Crippen molar-refractivity contribution in [2.75, 3.05) is 0 Å². The van der Waals surface area contributed by atoms with E-state index in [1.54, 1.807) is 0 Å². The largest absolute Gasteiger partial charge is 0.481 e. The molecule has 0 aromatic rings. The zero-order chi connectivity index (χ0) is 21.5. The van der Waals surface area contributed by atoms with E-state index in [-0.39, 0.29) is 18.5 Å². The number of rotatable bonds is 6. The second-order valence-corrected chi connectivity index (χ2v) is 11.2. The Bertz CT molecular complexity index is 699. The molecule has 0 aliphatic heterocycles. The van der Waals surface area contributed by atoms with Gasteiger partial charge in [-0.2, -0.15) is 0 Å². The van der Waals surface area contributed by atoms with Crippen molar-refractivity contribution in [3.05, 3.63) is 12.2 Å². The second kappa shape index (κ2) is 8.31. The van der Waals surface area contributed by atoms with E-state index in [1.165, 1.54) is 50.5 Å². The third-order valence-electron chi connectivity index (χ3n) is 9.89. The summed E-state index contributed by atoms with van der Waals surface area (Å²) in [4.78, 5) is 22.8. The van der Waals surface area contributed by atoms with Gasteiger partial charge in [-0.1, -0.05) is 26.0 Å². The maximum atomic E-state index is 12.2. The highest BCUT2D eigenvalue weighted by Crippen LogP contribution is 2.67. The molecule has 0 radical (unpaired) electrons. The van der Waals surface area contributed by atoms with Gasteiger partial charge in [0.2, 0.25) is 0 Å². The van der Waals surface area contributed by atoms with Crippen LogP contribution in [0.15, 0.2) is 12.2 Å². The predicted octanol–water partition coefficient (Wildman–Crippen LogP) is 6.14. The van der Waals surface area contributed by atoms with E-state index in [2.05, 4.69) is 20.4 Å². The minimum Gasteiger partial charge on any atom is -0.481 e. The van der Waals surface area contributed by atoms with Gasteiger partial charge in [0.25, 0.3) is 0 Å². The number of carbonyl (C=O) groups excluding carboxylic acids is 1. The molecule has 168 valence electrons. The van der Waals surface area contributed by atoms with Crippen LogP contribution in [0.2, 0.25) is 0 Å². The topological polar surface area (TPSA) is 63.6 Å². The first-order chi connectivity index (χ1) is 14.2. The number of allylic oxidation sites excluding steroid dienone is 1. The minimum atomic E-state index is -0.796. The van der Waals surface area contributed by atoms with Crippen LogP contribution in [0, 0.1) is 34.5 Å². The highest BCUT2D eigenvalue weighted by atomic mass is 16.5. The lowest BCUT2D eigenvalue weighted by molar-refractivity contribution is -0.161. The van der Waals surface area contributed by atoms with Crippen molar-refractivity contribution >= 4 is 11.9 Å². The van der Waals surface area contributed by atoms with Crippen LogP contribution in [0.25, 0.3) is 0 Å². The average molecular weight is 417 g/mol. The van der Waals surface area contributed by atoms with Crippen LogP contribution in [0.1, 0.15) is 97.3 Å². The van der Waals surface area contributed by atoms with E-state index in [9.17, 15) is 9.59 Å². The Morgan fingerprint density at radius 2 is 1.80 bits per heavy atom. The molecule has 0 aromatic carbocycles. The Morgan fingerprint density at radius 3 is 2.57 bits per heavy atom. The van der Waals surface area contributed by atoms with E-state index in [1.807, 2.05) is 0 Å². The molecule has 4 fully saturated rings. The van der Waals surface area contributed by atoms with Gasteiger partial charge in [0, 0.05) is 12.8 Å². The van der Waals surface area contributed by atoms with Crippen LogP contribution in [0.5, 0.6) is 0 Å². The first-order valence-corrected chi connectivity index (χ1v) is 12.3. The maximum Gasteiger partial charge on any atom is 0.306 e. The third kappa shape index (κ3) is 3.84. The molecule has 1 N–H and O–H groups in total. The summed E-state index contributed by atoms with van der Waals surface area (Å²) in [6, 6.07) is 0. The van der Waals surface area contributed by atoms with Crippen LogP contribution in [0.3, 0.4) is 0 Å². The van der Waals surface area contributed by atoms with Crippen molar-refractivity contribution in [1.29, 1.82) is 0 Å². The van der Waals surface area contributed by atoms with Crippen molar-refractivity contribution in [2.24, 2.45) is 34.5 Å². The third-order valence-corrected chi connectivity index (χ3v) is 9.89. The molecule has 0 saturated heterocycles. The Morgan fingerprint density at radius 1 is 1.03 bits per heavy atom. The molecular formula is C26H40O4. The first-order valence-electron chi connectivity index (χ1n) is 12.3. The fourth-order valence-corrected chi connectivity index (χ4v) is 8.02. The van der Waals surface area contributed by atoms with Gasteiger partial charge >= 0.3 is 11.9 Å². The summed E-state index contributed by atoms with van der Waals surface area (Å²) in [5.41, 5.74) is 2.30. The monoisotopic (exact) mass is 416 g/mol. The van der Waals surface area contributed by atoms with Crippen LogP contribution in [-0.4, -0.2) is 23.1 Å². The van der Waals surface area contributed by atoms with Gasteiger partial charge in [0.05, 0.1) is 0 Å². The molecular weight excluding hydrogens is 376 g/mol. The number of carbonyl (C=O) groups is 2. The maximum absolute atomic E-state index is 12.2. The van der Waals surface area contributed by atoms with Gasteiger partial charge in [-0.05, 0) is 105 Å². The molecule has 0 bridgehead atoms. The Labute approximate surface area is 181 Å². The lowest BCUT2D eigenvalue weighted by atomic mass is 9.45. The van der Waals surface area contributed by atoms with Gasteiger partial charge in [-0.15, -0.1) is 0 Å². The fraction of sp³-hybridized carbons (Fsp3) is 0.846. The predicted molar refractivity (Wildman–Crippen MR) is 117 cm³/mol. The number of esters is 1. The zero-order valence-electron chi connectivity index (χ0n) is 19.0. The van der Waals surface area contributed by atoms with Gasteiger partial charge in [0.15, 0.2) is 0 Å². The summed E-state index contributed by atoms with van der Waals surface area (Å²) < 4.78 is 5.83. The van der Waals surface area contributed by atoms with Gasteiger partial charge in [-0.3, -0.25) is 9.59 Å². The summed E-state index contributed by atoms with van der Waals surface area (Å²) in [7, 11) is 0. The highest BCUT2D eigenvalue weighted by molar-refractivity contribution is 5.70. The summed E-state index contributed by atoms with van der Waals surface area (Å²) in [6.45, 7) is 9.48. The number of ether oxygens (including phenoxy) is 1. The fourth-order valence-electron chi connectivity index (χ4n) is 8.02. The van der Waals surface area contributed by atoms with Crippen molar-refractivity contribution in [2.45, 2.75) is 103 Å². The highest BCUT2D eigenvalue weighted by Gasteiger charge is 2.58. The Hall–Kier alpha value is -1.32.